The molecule has 4 nitrogen and oxygen atoms in total. The standard InChI is InChI=1S/C14H26N2O2/c1-2-16(11-12-5-3-9-15-12)14(17)8-7-13-6-4-10-18-13/h12-13,15H,2-11H2,1H3. The van der Waals surface area contributed by atoms with Crippen LogP contribution in [0.15, 0.2) is 0 Å². The number of likely N-dealkylation sites (N-methyl/N-ethyl adjacent to an activating group) is 1. The molecule has 0 aliphatic carbocycles. The summed E-state index contributed by atoms with van der Waals surface area (Å²) in [5, 5.41) is 3.45. The van der Waals surface area contributed by atoms with Crippen molar-refractivity contribution in [2.24, 2.45) is 0 Å². The molecule has 4 heteroatoms. The summed E-state index contributed by atoms with van der Waals surface area (Å²) in [6, 6.07) is 0.511. The van der Waals surface area contributed by atoms with Gasteiger partial charge in [0.15, 0.2) is 0 Å². The molecule has 2 unspecified atom stereocenters. The SMILES string of the molecule is CCN(CC1CCCN1)C(=O)CCC1CCCO1. The average molecular weight is 254 g/mol. The fourth-order valence-electron chi connectivity index (χ4n) is 2.90. The third kappa shape index (κ3) is 3.95. The molecule has 2 heterocycles. The normalized spacial score (nSPS) is 27.6. The van der Waals surface area contributed by atoms with Crippen molar-refractivity contribution in [3.8, 4) is 0 Å². The summed E-state index contributed by atoms with van der Waals surface area (Å²) in [5.74, 6) is 0.293. The first-order valence-electron chi connectivity index (χ1n) is 7.42. The number of carbonyl (C=O) groups excluding carboxylic acids is 1. The second-order valence-electron chi connectivity index (χ2n) is 5.40. The fourth-order valence-corrected chi connectivity index (χ4v) is 2.90. The van der Waals surface area contributed by atoms with Crippen LogP contribution in [0.25, 0.3) is 0 Å². The first-order valence-corrected chi connectivity index (χ1v) is 7.42. The Morgan fingerprint density at radius 3 is 2.89 bits per heavy atom. The van der Waals surface area contributed by atoms with Crippen molar-refractivity contribution in [2.45, 2.75) is 57.6 Å². The van der Waals surface area contributed by atoms with Gasteiger partial charge in [0.25, 0.3) is 0 Å². The molecule has 1 amide bonds. The predicted octanol–water partition coefficient (Wildman–Crippen LogP) is 1.55. The van der Waals surface area contributed by atoms with Crippen molar-refractivity contribution in [1.29, 1.82) is 0 Å². The molecule has 0 saturated carbocycles. The first-order chi connectivity index (χ1) is 8.79. The highest BCUT2D eigenvalue weighted by molar-refractivity contribution is 5.76. The summed E-state index contributed by atoms with van der Waals surface area (Å²) in [4.78, 5) is 14.2. The lowest BCUT2D eigenvalue weighted by Crippen LogP contribution is -2.41. The van der Waals surface area contributed by atoms with Crippen LogP contribution in [-0.4, -0.2) is 49.2 Å². The van der Waals surface area contributed by atoms with E-state index < -0.39 is 0 Å². The molecule has 2 rings (SSSR count). The van der Waals surface area contributed by atoms with Crippen LogP contribution in [0.4, 0.5) is 0 Å². The van der Waals surface area contributed by atoms with Crippen LogP contribution < -0.4 is 5.32 Å². The Morgan fingerprint density at radius 1 is 1.39 bits per heavy atom. The zero-order valence-electron chi connectivity index (χ0n) is 11.5. The minimum Gasteiger partial charge on any atom is -0.378 e. The van der Waals surface area contributed by atoms with Gasteiger partial charge in [-0.3, -0.25) is 4.79 Å². The number of rotatable bonds is 6. The van der Waals surface area contributed by atoms with Crippen molar-refractivity contribution < 1.29 is 9.53 Å². The Bertz CT molecular complexity index is 259. The monoisotopic (exact) mass is 254 g/mol. The second-order valence-corrected chi connectivity index (χ2v) is 5.40. The molecule has 0 aromatic rings. The van der Waals surface area contributed by atoms with E-state index >= 15 is 0 Å². The van der Waals surface area contributed by atoms with E-state index in [1.54, 1.807) is 0 Å². The van der Waals surface area contributed by atoms with Gasteiger partial charge in [0.1, 0.15) is 0 Å². The topological polar surface area (TPSA) is 41.6 Å². The summed E-state index contributed by atoms with van der Waals surface area (Å²) in [7, 11) is 0. The van der Waals surface area contributed by atoms with Crippen LogP contribution in [0.5, 0.6) is 0 Å². The molecule has 0 aromatic heterocycles. The van der Waals surface area contributed by atoms with Gasteiger partial charge in [0.2, 0.25) is 5.91 Å². The van der Waals surface area contributed by atoms with Gasteiger partial charge in [-0.2, -0.15) is 0 Å². The molecule has 0 spiro atoms. The van der Waals surface area contributed by atoms with Crippen molar-refractivity contribution in [3.63, 3.8) is 0 Å². The highest BCUT2D eigenvalue weighted by Crippen LogP contribution is 2.17. The molecule has 2 atom stereocenters. The van der Waals surface area contributed by atoms with Gasteiger partial charge in [0.05, 0.1) is 6.10 Å². The predicted molar refractivity (Wildman–Crippen MR) is 71.5 cm³/mol. The fraction of sp³-hybridized carbons (Fsp3) is 0.929. The number of carbonyl (C=O) groups is 1. The minimum absolute atomic E-state index is 0.293. The van der Waals surface area contributed by atoms with Gasteiger partial charge < -0.3 is 15.0 Å². The number of nitrogens with one attached hydrogen (secondary N) is 1. The van der Waals surface area contributed by atoms with E-state index in [1.807, 2.05) is 4.90 Å². The van der Waals surface area contributed by atoms with Gasteiger partial charge in [-0.15, -0.1) is 0 Å². The van der Waals surface area contributed by atoms with Gasteiger partial charge >= 0.3 is 0 Å². The van der Waals surface area contributed by atoms with E-state index in [2.05, 4.69) is 12.2 Å². The number of amides is 1. The van der Waals surface area contributed by atoms with E-state index in [4.69, 9.17) is 4.74 Å². The Balaban J connectivity index is 1.70. The van der Waals surface area contributed by atoms with Gasteiger partial charge in [-0.1, -0.05) is 0 Å². The first kappa shape index (κ1) is 13.8. The second kappa shape index (κ2) is 7.10. The van der Waals surface area contributed by atoms with Crippen LogP contribution in [0.3, 0.4) is 0 Å². The number of hydrogen-bond donors (Lipinski definition) is 1. The quantitative estimate of drug-likeness (QED) is 0.782. The molecule has 18 heavy (non-hydrogen) atoms. The largest absolute Gasteiger partial charge is 0.378 e. The Hall–Kier alpha value is -0.610. The maximum absolute atomic E-state index is 12.2. The summed E-state index contributed by atoms with van der Waals surface area (Å²) in [6.07, 6.45) is 6.60. The number of hydrogen-bond acceptors (Lipinski definition) is 3. The summed E-state index contributed by atoms with van der Waals surface area (Å²) in [6.45, 7) is 5.75. The molecule has 2 aliphatic rings. The van der Waals surface area contributed by atoms with Crippen LogP contribution in [0.2, 0.25) is 0 Å². The maximum Gasteiger partial charge on any atom is 0.222 e. The lowest BCUT2D eigenvalue weighted by Gasteiger charge is -2.25. The minimum atomic E-state index is 0.293. The van der Waals surface area contributed by atoms with Crippen molar-refractivity contribution in [2.75, 3.05) is 26.2 Å². The van der Waals surface area contributed by atoms with Gasteiger partial charge in [-0.25, -0.2) is 0 Å². The zero-order valence-corrected chi connectivity index (χ0v) is 11.5. The average Bonchev–Trinajstić information content (AvgIpc) is 3.06. The third-order valence-corrected chi connectivity index (χ3v) is 4.04. The van der Waals surface area contributed by atoms with Crippen LogP contribution in [-0.2, 0) is 9.53 Å². The van der Waals surface area contributed by atoms with Crippen molar-refractivity contribution in [1.82, 2.24) is 10.2 Å². The zero-order chi connectivity index (χ0) is 12.8. The molecule has 0 radical (unpaired) electrons. The molecule has 0 aromatic carbocycles. The molecule has 2 fully saturated rings. The Morgan fingerprint density at radius 2 is 2.28 bits per heavy atom. The molecule has 104 valence electrons. The molecular weight excluding hydrogens is 228 g/mol. The lowest BCUT2D eigenvalue weighted by molar-refractivity contribution is -0.132. The van der Waals surface area contributed by atoms with Crippen LogP contribution in [0, 0.1) is 0 Å². The van der Waals surface area contributed by atoms with Crippen molar-refractivity contribution in [3.05, 3.63) is 0 Å². The number of ether oxygens (including phenoxy) is 1. The highest BCUT2D eigenvalue weighted by atomic mass is 16.5. The van der Waals surface area contributed by atoms with E-state index in [1.165, 1.54) is 12.8 Å². The van der Waals surface area contributed by atoms with Gasteiger partial charge in [-0.05, 0) is 45.6 Å². The van der Waals surface area contributed by atoms with E-state index in [-0.39, 0.29) is 0 Å². The molecule has 0 bridgehead atoms. The Labute approximate surface area is 110 Å². The maximum atomic E-state index is 12.2. The van der Waals surface area contributed by atoms with Gasteiger partial charge in [0, 0.05) is 32.2 Å². The van der Waals surface area contributed by atoms with Crippen LogP contribution >= 0.6 is 0 Å². The summed E-state index contributed by atoms with van der Waals surface area (Å²) < 4.78 is 5.57. The van der Waals surface area contributed by atoms with Crippen LogP contribution in [0.1, 0.15) is 45.4 Å². The van der Waals surface area contributed by atoms with E-state index in [9.17, 15) is 4.79 Å². The molecule has 2 aliphatic heterocycles. The molecular formula is C14H26N2O2. The Kier molecular flexibility index (Phi) is 5.45. The smallest absolute Gasteiger partial charge is 0.222 e. The highest BCUT2D eigenvalue weighted by Gasteiger charge is 2.22. The molecule has 2 saturated heterocycles. The molecule has 1 N–H and O–H groups in total. The lowest BCUT2D eigenvalue weighted by atomic mass is 10.1. The van der Waals surface area contributed by atoms with E-state index in [0.29, 0.717) is 24.5 Å². The summed E-state index contributed by atoms with van der Waals surface area (Å²) in [5.41, 5.74) is 0. The summed E-state index contributed by atoms with van der Waals surface area (Å²) >= 11 is 0. The van der Waals surface area contributed by atoms with E-state index in [0.717, 1.165) is 45.5 Å². The number of nitrogens with zero attached hydrogens (tertiary/aromatic N) is 1. The third-order valence-electron chi connectivity index (χ3n) is 4.04. The van der Waals surface area contributed by atoms with Crippen molar-refractivity contribution >= 4 is 5.91 Å².